The SMILES string of the molecule is COc1nccc(N(C)C)c1NC(=O)CC(CN)OC. The summed E-state index contributed by atoms with van der Waals surface area (Å²) in [5, 5.41) is 2.81. The summed E-state index contributed by atoms with van der Waals surface area (Å²) in [5.41, 5.74) is 6.86. The number of rotatable bonds is 7. The number of aromatic nitrogens is 1. The Morgan fingerprint density at radius 1 is 1.50 bits per heavy atom. The Hall–Kier alpha value is -1.86. The van der Waals surface area contributed by atoms with Crippen LogP contribution in [0.25, 0.3) is 0 Å². The molecule has 0 fully saturated rings. The molecule has 1 aromatic rings. The van der Waals surface area contributed by atoms with E-state index in [-0.39, 0.29) is 25.0 Å². The van der Waals surface area contributed by atoms with Crippen molar-refractivity contribution in [2.24, 2.45) is 5.73 Å². The van der Waals surface area contributed by atoms with E-state index in [1.807, 2.05) is 19.0 Å². The van der Waals surface area contributed by atoms with Gasteiger partial charge in [0.2, 0.25) is 11.8 Å². The van der Waals surface area contributed by atoms with Crippen molar-refractivity contribution in [1.29, 1.82) is 0 Å². The first-order valence-electron chi connectivity index (χ1n) is 6.26. The Bertz CT molecular complexity index is 447. The highest BCUT2D eigenvalue weighted by molar-refractivity contribution is 5.96. The molecule has 1 aromatic heterocycles. The van der Waals surface area contributed by atoms with E-state index in [0.29, 0.717) is 11.6 Å². The van der Waals surface area contributed by atoms with Crippen LogP contribution in [-0.2, 0) is 9.53 Å². The van der Waals surface area contributed by atoms with Gasteiger partial charge in [0.1, 0.15) is 5.69 Å². The molecular weight excluding hydrogens is 260 g/mol. The molecule has 0 aliphatic carbocycles. The first-order chi connectivity index (χ1) is 9.53. The molecule has 0 aliphatic rings. The topological polar surface area (TPSA) is 89.7 Å². The maximum absolute atomic E-state index is 12.0. The Balaban J connectivity index is 2.92. The summed E-state index contributed by atoms with van der Waals surface area (Å²) in [7, 11) is 6.79. The molecular formula is C13H22N4O3. The van der Waals surface area contributed by atoms with Gasteiger partial charge >= 0.3 is 0 Å². The number of carbonyl (C=O) groups is 1. The Kier molecular flexibility index (Phi) is 6.20. The minimum atomic E-state index is -0.305. The van der Waals surface area contributed by atoms with E-state index in [4.69, 9.17) is 15.2 Å². The van der Waals surface area contributed by atoms with E-state index in [9.17, 15) is 4.79 Å². The lowest BCUT2D eigenvalue weighted by Gasteiger charge is -2.20. The molecule has 1 rings (SSSR count). The van der Waals surface area contributed by atoms with Crippen LogP contribution < -0.4 is 20.7 Å². The maximum Gasteiger partial charge on any atom is 0.239 e. The number of carbonyl (C=O) groups excluding carboxylic acids is 1. The Labute approximate surface area is 119 Å². The molecule has 1 heterocycles. The van der Waals surface area contributed by atoms with E-state index < -0.39 is 0 Å². The predicted octanol–water partition coefficient (Wildman–Crippen LogP) is 0.459. The fourth-order valence-electron chi connectivity index (χ4n) is 1.74. The van der Waals surface area contributed by atoms with Gasteiger partial charge in [-0.3, -0.25) is 4.79 Å². The van der Waals surface area contributed by atoms with Gasteiger partial charge in [-0.05, 0) is 6.07 Å². The van der Waals surface area contributed by atoms with Crippen molar-refractivity contribution in [1.82, 2.24) is 4.98 Å². The normalized spacial score (nSPS) is 11.8. The molecule has 3 N–H and O–H groups in total. The second-order valence-corrected chi connectivity index (χ2v) is 4.45. The monoisotopic (exact) mass is 282 g/mol. The average Bonchev–Trinajstić information content (AvgIpc) is 2.44. The fraction of sp³-hybridized carbons (Fsp3) is 0.538. The summed E-state index contributed by atoms with van der Waals surface area (Å²) in [5.74, 6) is 0.169. The van der Waals surface area contributed by atoms with Crippen molar-refractivity contribution in [3.8, 4) is 5.88 Å². The molecule has 20 heavy (non-hydrogen) atoms. The zero-order valence-corrected chi connectivity index (χ0v) is 12.3. The molecule has 7 nitrogen and oxygen atoms in total. The summed E-state index contributed by atoms with van der Waals surface area (Å²) in [6, 6.07) is 1.80. The van der Waals surface area contributed by atoms with Crippen LogP contribution in [0.4, 0.5) is 11.4 Å². The van der Waals surface area contributed by atoms with Gasteiger partial charge in [0.05, 0.1) is 25.3 Å². The standard InChI is InChI=1S/C13H22N4O3/c1-17(2)10-5-6-15-13(20-4)12(10)16-11(18)7-9(8-14)19-3/h5-6,9H,7-8,14H2,1-4H3,(H,16,18). The molecule has 112 valence electrons. The average molecular weight is 282 g/mol. The minimum Gasteiger partial charge on any atom is -0.479 e. The van der Waals surface area contributed by atoms with Gasteiger partial charge in [0.25, 0.3) is 0 Å². The number of anilines is 2. The van der Waals surface area contributed by atoms with Gasteiger partial charge in [-0.1, -0.05) is 0 Å². The third-order valence-electron chi connectivity index (χ3n) is 2.84. The lowest BCUT2D eigenvalue weighted by Crippen LogP contribution is -2.28. The number of nitrogens with two attached hydrogens (primary N) is 1. The number of nitrogens with zero attached hydrogens (tertiary/aromatic N) is 2. The van der Waals surface area contributed by atoms with Crippen LogP contribution in [0.15, 0.2) is 12.3 Å². The summed E-state index contributed by atoms with van der Waals surface area (Å²) < 4.78 is 10.3. The van der Waals surface area contributed by atoms with Gasteiger partial charge in [-0.2, -0.15) is 0 Å². The van der Waals surface area contributed by atoms with Gasteiger partial charge in [-0.15, -0.1) is 0 Å². The molecule has 0 saturated heterocycles. The number of nitrogens with one attached hydrogen (secondary N) is 1. The van der Waals surface area contributed by atoms with Gasteiger partial charge in [0, 0.05) is 33.9 Å². The highest BCUT2D eigenvalue weighted by atomic mass is 16.5. The van der Waals surface area contributed by atoms with Crippen molar-refractivity contribution < 1.29 is 14.3 Å². The molecule has 0 radical (unpaired) electrons. The highest BCUT2D eigenvalue weighted by Crippen LogP contribution is 2.32. The molecule has 0 saturated carbocycles. The summed E-state index contributed by atoms with van der Waals surface area (Å²) in [6.45, 7) is 0.286. The van der Waals surface area contributed by atoms with Crippen LogP contribution in [0.2, 0.25) is 0 Å². The zero-order valence-electron chi connectivity index (χ0n) is 12.3. The van der Waals surface area contributed by atoms with E-state index in [2.05, 4.69) is 10.3 Å². The number of amides is 1. The predicted molar refractivity (Wildman–Crippen MR) is 78.2 cm³/mol. The first kappa shape index (κ1) is 16.2. The second kappa shape index (κ2) is 7.66. The number of hydrogen-bond acceptors (Lipinski definition) is 6. The molecule has 0 spiro atoms. The van der Waals surface area contributed by atoms with Crippen molar-refractivity contribution in [3.05, 3.63) is 12.3 Å². The van der Waals surface area contributed by atoms with Crippen molar-refractivity contribution >= 4 is 17.3 Å². The van der Waals surface area contributed by atoms with Crippen LogP contribution in [0.5, 0.6) is 5.88 Å². The number of methoxy groups -OCH3 is 2. The second-order valence-electron chi connectivity index (χ2n) is 4.45. The van der Waals surface area contributed by atoms with E-state index in [1.54, 1.807) is 12.3 Å². The van der Waals surface area contributed by atoms with Crippen molar-refractivity contribution in [2.75, 3.05) is 45.1 Å². The molecule has 0 aliphatic heterocycles. The molecule has 1 unspecified atom stereocenters. The Morgan fingerprint density at radius 3 is 2.70 bits per heavy atom. The molecule has 1 atom stereocenters. The summed E-state index contributed by atoms with van der Waals surface area (Å²) >= 11 is 0. The van der Waals surface area contributed by atoms with Crippen molar-refractivity contribution in [2.45, 2.75) is 12.5 Å². The smallest absolute Gasteiger partial charge is 0.239 e. The van der Waals surface area contributed by atoms with Crippen LogP contribution in [0.3, 0.4) is 0 Å². The minimum absolute atomic E-state index is 0.178. The van der Waals surface area contributed by atoms with Crippen molar-refractivity contribution in [3.63, 3.8) is 0 Å². The van der Waals surface area contributed by atoms with Crippen LogP contribution in [0, 0.1) is 0 Å². The molecule has 0 aromatic carbocycles. The number of ether oxygens (including phenoxy) is 2. The maximum atomic E-state index is 12.0. The lowest BCUT2D eigenvalue weighted by atomic mass is 10.2. The van der Waals surface area contributed by atoms with Gasteiger partial charge in [-0.25, -0.2) is 4.98 Å². The van der Waals surface area contributed by atoms with Crippen LogP contribution >= 0.6 is 0 Å². The van der Waals surface area contributed by atoms with Crippen LogP contribution in [0.1, 0.15) is 6.42 Å². The first-order valence-corrected chi connectivity index (χ1v) is 6.26. The third-order valence-corrected chi connectivity index (χ3v) is 2.84. The van der Waals surface area contributed by atoms with E-state index in [0.717, 1.165) is 5.69 Å². The Morgan fingerprint density at radius 2 is 2.20 bits per heavy atom. The zero-order chi connectivity index (χ0) is 15.1. The molecule has 0 bridgehead atoms. The van der Waals surface area contributed by atoms with E-state index >= 15 is 0 Å². The van der Waals surface area contributed by atoms with E-state index in [1.165, 1.54) is 14.2 Å². The van der Waals surface area contributed by atoms with Crippen LogP contribution in [-0.4, -0.2) is 51.9 Å². The lowest BCUT2D eigenvalue weighted by molar-refractivity contribution is -0.118. The summed E-state index contributed by atoms with van der Waals surface area (Å²) in [6.07, 6.45) is 1.50. The van der Waals surface area contributed by atoms with Gasteiger partial charge in [0.15, 0.2) is 0 Å². The highest BCUT2D eigenvalue weighted by Gasteiger charge is 2.17. The third kappa shape index (κ3) is 4.07. The largest absolute Gasteiger partial charge is 0.479 e. The quantitative estimate of drug-likeness (QED) is 0.755. The number of pyridine rings is 1. The molecule has 1 amide bonds. The van der Waals surface area contributed by atoms with Gasteiger partial charge < -0.3 is 25.4 Å². The molecule has 7 heteroatoms. The fourth-order valence-corrected chi connectivity index (χ4v) is 1.74. The summed E-state index contributed by atoms with van der Waals surface area (Å²) in [4.78, 5) is 18.0. The number of hydrogen-bond donors (Lipinski definition) is 2.